The van der Waals surface area contributed by atoms with E-state index in [4.69, 9.17) is 19.8 Å². The van der Waals surface area contributed by atoms with E-state index in [1.165, 1.54) is 12.1 Å². The molecule has 5 rings (SSSR count). The number of carbonyl (C=O) groups excluding carboxylic acids is 1. The van der Waals surface area contributed by atoms with Crippen LogP contribution in [0.15, 0.2) is 72.2 Å². The normalized spacial score (nSPS) is 17.7. The minimum Gasteiger partial charge on any atom is -0.449 e. The number of fused-ring (bicyclic) bond motifs is 3. The van der Waals surface area contributed by atoms with Crippen molar-refractivity contribution >= 4 is 25.0 Å². The van der Waals surface area contributed by atoms with Crippen molar-refractivity contribution in [2.45, 2.75) is 51.0 Å². The number of alkyl carbamates (subject to hydrolysis) is 1. The average molecular weight is 564 g/mol. The standard InChI is InChI=1S/C31H32BF3N2O4/c1-29(2)30(3,4)41-32(40-29)21(14-19-13-20(31(33,34)35)16-22(36)15-19)17-37-28(38)39-18-27-25-11-7-5-9-23(25)24-10-6-8-12-26(24)27/h5-16,27H,17-18,36H2,1-4H3,(H,37,38). The Balaban J connectivity index is 1.34. The average Bonchev–Trinajstić information content (AvgIpc) is 3.33. The molecule has 41 heavy (non-hydrogen) atoms. The molecule has 2 aliphatic rings. The van der Waals surface area contributed by atoms with Crippen LogP contribution in [0.5, 0.6) is 0 Å². The highest BCUT2D eigenvalue weighted by atomic mass is 19.4. The maximum Gasteiger partial charge on any atom is 0.492 e. The van der Waals surface area contributed by atoms with Crippen molar-refractivity contribution in [1.29, 1.82) is 0 Å². The molecule has 1 aliphatic carbocycles. The number of benzene rings is 3. The summed E-state index contributed by atoms with van der Waals surface area (Å²) in [5.41, 5.74) is 8.48. The molecule has 0 bridgehead atoms. The fourth-order valence-corrected chi connectivity index (χ4v) is 5.16. The van der Waals surface area contributed by atoms with Gasteiger partial charge in [0, 0.05) is 18.2 Å². The first kappa shape index (κ1) is 28.8. The molecule has 1 heterocycles. The zero-order chi connectivity index (χ0) is 29.6. The third-order valence-corrected chi connectivity index (χ3v) is 7.99. The summed E-state index contributed by atoms with van der Waals surface area (Å²) in [6, 6.07) is 19.3. The lowest BCUT2D eigenvalue weighted by Crippen LogP contribution is -2.41. The van der Waals surface area contributed by atoms with Gasteiger partial charge in [0.1, 0.15) is 6.61 Å². The summed E-state index contributed by atoms with van der Waals surface area (Å²) < 4.78 is 58.3. The molecule has 6 nitrogen and oxygen atoms in total. The highest BCUT2D eigenvalue weighted by Gasteiger charge is 2.52. The lowest BCUT2D eigenvalue weighted by atomic mass is 9.77. The quantitative estimate of drug-likeness (QED) is 0.253. The van der Waals surface area contributed by atoms with Gasteiger partial charge in [0.05, 0.1) is 16.8 Å². The van der Waals surface area contributed by atoms with E-state index in [2.05, 4.69) is 17.4 Å². The van der Waals surface area contributed by atoms with Crippen molar-refractivity contribution in [1.82, 2.24) is 5.32 Å². The summed E-state index contributed by atoms with van der Waals surface area (Å²) >= 11 is 0. The third kappa shape index (κ3) is 5.85. The summed E-state index contributed by atoms with van der Waals surface area (Å²) in [5, 5.41) is 2.72. The van der Waals surface area contributed by atoms with Crippen LogP contribution in [0.2, 0.25) is 0 Å². The SMILES string of the molecule is CC1(C)OB(C(=Cc2cc(N)cc(C(F)(F)F)c2)CNC(=O)OCC2c3ccccc3-c3ccccc32)OC1(C)C. The number of nitrogens with one attached hydrogen (secondary N) is 1. The van der Waals surface area contributed by atoms with E-state index in [-0.39, 0.29) is 30.3 Å². The fourth-order valence-electron chi connectivity index (χ4n) is 5.16. The number of anilines is 1. The Hall–Kier alpha value is -3.76. The van der Waals surface area contributed by atoms with E-state index in [1.807, 2.05) is 64.1 Å². The number of ether oxygens (including phenoxy) is 1. The molecular weight excluding hydrogens is 532 g/mol. The molecule has 0 saturated carbocycles. The molecule has 0 atom stereocenters. The fraction of sp³-hybridized carbons (Fsp3) is 0.323. The Bertz CT molecular complexity index is 1440. The molecule has 3 aromatic rings. The van der Waals surface area contributed by atoms with E-state index in [1.54, 1.807) is 0 Å². The second kappa shape index (κ2) is 10.6. The van der Waals surface area contributed by atoms with Gasteiger partial charge in [-0.2, -0.15) is 13.2 Å². The van der Waals surface area contributed by atoms with Crippen LogP contribution in [0.4, 0.5) is 23.7 Å². The zero-order valence-corrected chi connectivity index (χ0v) is 23.3. The summed E-state index contributed by atoms with van der Waals surface area (Å²) in [6.45, 7) is 7.51. The first-order valence-electron chi connectivity index (χ1n) is 13.4. The van der Waals surface area contributed by atoms with E-state index in [0.717, 1.165) is 34.4 Å². The van der Waals surface area contributed by atoms with Crippen molar-refractivity contribution in [3.8, 4) is 11.1 Å². The molecule has 1 aliphatic heterocycles. The predicted octanol–water partition coefficient (Wildman–Crippen LogP) is 6.84. The Morgan fingerprint density at radius 2 is 1.54 bits per heavy atom. The van der Waals surface area contributed by atoms with Gasteiger partial charge in [-0.3, -0.25) is 0 Å². The van der Waals surface area contributed by atoms with Gasteiger partial charge in [-0.05, 0) is 79.2 Å². The van der Waals surface area contributed by atoms with Gasteiger partial charge in [0.2, 0.25) is 0 Å². The second-order valence-electron chi connectivity index (χ2n) is 11.4. The number of nitrogen functional groups attached to an aromatic ring is 1. The van der Waals surface area contributed by atoms with Crippen LogP contribution in [0.25, 0.3) is 17.2 Å². The van der Waals surface area contributed by atoms with Crippen LogP contribution in [-0.2, 0) is 20.2 Å². The molecule has 3 aromatic carbocycles. The number of alkyl halides is 3. The lowest BCUT2D eigenvalue weighted by molar-refractivity contribution is -0.137. The van der Waals surface area contributed by atoms with E-state index in [0.29, 0.717) is 5.47 Å². The van der Waals surface area contributed by atoms with Crippen molar-refractivity contribution < 1.29 is 32.0 Å². The maximum atomic E-state index is 13.4. The molecular formula is C31H32BF3N2O4. The van der Waals surface area contributed by atoms with Gasteiger partial charge in [-0.25, -0.2) is 4.79 Å². The number of rotatable bonds is 6. The van der Waals surface area contributed by atoms with Gasteiger partial charge < -0.3 is 25.1 Å². The second-order valence-corrected chi connectivity index (χ2v) is 11.4. The number of hydrogen-bond donors (Lipinski definition) is 2. The predicted molar refractivity (Wildman–Crippen MR) is 153 cm³/mol. The molecule has 0 aromatic heterocycles. The number of hydrogen-bond acceptors (Lipinski definition) is 5. The number of nitrogens with two attached hydrogens (primary N) is 1. The molecule has 10 heteroatoms. The van der Waals surface area contributed by atoms with Crippen LogP contribution >= 0.6 is 0 Å². The molecule has 0 spiro atoms. The minimum atomic E-state index is -4.57. The van der Waals surface area contributed by atoms with Crippen LogP contribution < -0.4 is 11.1 Å². The van der Waals surface area contributed by atoms with Gasteiger partial charge in [-0.15, -0.1) is 0 Å². The molecule has 1 saturated heterocycles. The van der Waals surface area contributed by atoms with Crippen LogP contribution in [-0.4, -0.2) is 37.6 Å². The number of carbonyl (C=O) groups is 1. The summed E-state index contributed by atoms with van der Waals surface area (Å²) in [5.74, 6) is -0.112. The minimum absolute atomic E-state index is 0.0381. The van der Waals surface area contributed by atoms with Crippen molar-refractivity contribution in [2.24, 2.45) is 0 Å². The Morgan fingerprint density at radius 3 is 2.10 bits per heavy atom. The Kier molecular flexibility index (Phi) is 7.42. The smallest absolute Gasteiger partial charge is 0.449 e. The number of amides is 1. The van der Waals surface area contributed by atoms with Crippen LogP contribution in [0, 0.1) is 0 Å². The van der Waals surface area contributed by atoms with Crippen LogP contribution in [0.3, 0.4) is 0 Å². The van der Waals surface area contributed by atoms with E-state index < -0.39 is 36.2 Å². The summed E-state index contributed by atoms with van der Waals surface area (Å²) in [4.78, 5) is 12.9. The van der Waals surface area contributed by atoms with Gasteiger partial charge in [-0.1, -0.05) is 54.6 Å². The first-order valence-corrected chi connectivity index (χ1v) is 13.4. The molecule has 1 fully saturated rings. The molecule has 1 amide bonds. The lowest BCUT2D eigenvalue weighted by Gasteiger charge is -2.32. The van der Waals surface area contributed by atoms with E-state index in [9.17, 15) is 18.0 Å². The molecule has 0 unspecified atom stereocenters. The maximum absolute atomic E-state index is 13.4. The van der Waals surface area contributed by atoms with Crippen molar-refractivity contribution in [3.63, 3.8) is 0 Å². The molecule has 214 valence electrons. The topological polar surface area (TPSA) is 82.8 Å². The zero-order valence-electron chi connectivity index (χ0n) is 23.3. The van der Waals surface area contributed by atoms with Crippen molar-refractivity contribution in [2.75, 3.05) is 18.9 Å². The number of halogens is 3. The largest absolute Gasteiger partial charge is 0.492 e. The monoisotopic (exact) mass is 564 g/mol. The van der Waals surface area contributed by atoms with Gasteiger partial charge in [0.25, 0.3) is 0 Å². The van der Waals surface area contributed by atoms with Gasteiger partial charge >= 0.3 is 19.4 Å². The molecule has 3 N–H and O–H groups in total. The highest BCUT2D eigenvalue weighted by molar-refractivity contribution is 6.56. The van der Waals surface area contributed by atoms with Crippen molar-refractivity contribution in [3.05, 3.63) is 94.5 Å². The third-order valence-electron chi connectivity index (χ3n) is 7.99. The summed E-state index contributed by atoms with van der Waals surface area (Å²) in [7, 11) is -0.912. The Morgan fingerprint density at radius 1 is 0.976 bits per heavy atom. The summed E-state index contributed by atoms with van der Waals surface area (Å²) in [6.07, 6.45) is -3.74. The Labute approximate surface area is 237 Å². The van der Waals surface area contributed by atoms with Gasteiger partial charge in [0.15, 0.2) is 0 Å². The first-order chi connectivity index (χ1) is 19.2. The van der Waals surface area contributed by atoms with Crippen LogP contribution in [0.1, 0.15) is 55.9 Å². The molecule has 0 radical (unpaired) electrons. The highest BCUT2D eigenvalue weighted by Crippen LogP contribution is 2.44. The van der Waals surface area contributed by atoms with E-state index >= 15 is 0 Å².